The maximum absolute atomic E-state index is 13.2. The van der Waals surface area contributed by atoms with Gasteiger partial charge >= 0.3 is 6.18 Å². The molecule has 0 spiro atoms. The van der Waals surface area contributed by atoms with Crippen LogP contribution in [0.25, 0.3) is 5.65 Å². The summed E-state index contributed by atoms with van der Waals surface area (Å²) in [7, 11) is 0. The van der Waals surface area contributed by atoms with Crippen LogP contribution in [0.15, 0.2) is 12.1 Å². The van der Waals surface area contributed by atoms with Crippen LogP contribution in [0.4, 0.5) is 13.2 Å². The van der Waals surface area contributed by atoms with Crippen LogP contribution < -0.4 is 0 Å². The van der Waals surface area contributed by atoms with Gasteiger partial charge in [-0.25, -0.2) is 9.50 Å². The first-order chi connectivity index (χ1) is 12.3. The van der Waals surface area contributed by atoms with E-state index in [1.54, 1.807) is 4.90 Å². The number of rotatable bonds is 4. The lowest BCUT2D eigenvalue weighted by atomic mass is 10.1. The van der Waals surface area contributed by atoms with E-state index in [9.17, 15) is 18.0 Å². The number of alkyl halides is 3. The number of carbonyl (C=O) groups excluding carboxylic acids is 1. The van der Waals surface area contributed by atoms with Gasteiger partial charge in [-0.05, 0) is 39.2 Å². The van der Waals surface area contributed by atoms with Crippen molar-refractivity contribution in [3.63, 3.8) is 0 Å². The van der Waals surface area contributed by atoms with Crippen molar-refractivity contribution in [2.75, 3.05) is 19.7 Å². The molecule has 0 N–H and O–H groups in total. The number of aryl methyl sites for hydroxylation is 1. The van der Waals surface area contributed by atoms with E-state index in [0.29, 0.717) is 24.2 Å². The molecular formula is C17H21F3N4O2. The minimum atomic E-state index is -4.58. The molecule has 0 bridgehead atoms. The lowest BCUT2D eigenvalue weighted by molar-refractivity contribution is -0.142. The van der Waals surface area contributed by atoms with Crippen LogP contribution in [0.3, 0.4) is 0 Å². The van der Waals surface area contributed by atoms with Gasteiger partial charge in [-0.2, -0.15) is 18.3 Å². The molecule has 2 aromatic heterocycles. The lowest BCUT2D eigenvalue weighted by Gasteiger charge is -2.28. The first-order valence-corrected chi connectivity index (χ1v) is 8.65. The van der Waals surface area contributed by atoms with Crippen LogP contribution in [0.2, 0.25) is 0 Å². The summed E-state index contributed by atoms with van der Waals surface area (Å²) in [6, 6.07) is 2.22. The highest BCUT2D eigenvalue weighted by molar-refractivity contribution is 5.93. The molecule has 0 aliphatic carbocycles. The molecule has 0 radical (unpaired) electrons. The Bertz CT molecular complexity index is 797. The Morgan fingerprint density at radius 1 is 1.38 bits per heavy atom. The van der Waals surface area contributed by atoms with Crippen molar-refractivity contribution in [1.29, 1.82) is 0 Å². The highest BCUT2D eigenvalue weighted by atomic mass is 19.4. The number of carbonyl (C=O) groups is 1. The zero-order chi connectivity index (χ0) is 18.9. The van der Waals surface area contributed by atoms with Crippen molar-refractivity contribution in [1.82, 2.24) is 19.5 Å². The van der Waals surface area contributed by atoms with Gasteiger partial charge in [0.1, 0.15) is 5.69 Å². The molecule has 1 fully saturated rings. The highest BCUT2D eigenvalue weighted by Gasteiger charge is 2.35. The second-order valence-corrected chi connectivity index (χ2v) is 6.41. The topological polar surface area (TPSA) is 59.7 Å². The van der Waals surface area contributed by atoms with E-state index in [0.717, 1.165) is 25.3 Å². The first-order valence-electron chi connectivity index (χ1n) is 8.65. The Morgan fingerprint density at radius 3 is 2.77 bits per heavy atom. The summed E-state index contributed by atoms with van der Waals surface area (Å²) < 4.78 is 46.1. The highest BCUT2D eigenvalue weighted by Crippen LogP contribution is 2.30. The van der Waals surface area contributed by atoms with E-state index in [1.807, 2.05) is 6.92 Å². The molecule has 1 aliphatic rings. The van der Waals surface area contributed by atoms with Crippen LogP contribution in [-0.4, -0.2) is 51.2 Å². The molecule has 9 heteroatoms. The van der Waals surface area contributed by atoms with Crippen molar-refractivity contribution < 1.29 is 22.7 Å². The third-order valence-corrected chi connectivity index (χ3v) is 4.43. The summed E-state index contributed by atoms with van der Waals surface area (Å²) in [6.45, 7) is 4.79. The van der Waals surface area contributed by atoms with Gasteiger partial charge in [-0.1, -0.05) is 0 Å². The van der Waals surface area contributed by atoms with Gasteiger partial charge in [0.15, 0.2) is 11.3 Å². The lowest BCUT2D eigenvalue weighted by Crippen LogP contribution is -2.39. The summed E-state index contributed by atoms with van der Waals surface area (Å²) in [5, 5.41) is 3.88. The van der Waals surface area contributed by atoms with Crippen LogP contribution in [-0.2, 0) is 10.9 Å². The molecule has 1 amide bonds. The van der Waals surface area contributed by atoms with Crippen molar-refractivity contribution in [3.05, 3.63) is 29.2 Å². The number of aromatic nitrogens is 3. The van der Waals surface area contributed by atoms with Gasteiger partial charge in [0.05, 0.1) is 6.10 Å². The predicted octanol–water partition coefficient (Wildman–Crippen LogP) is 3.09. The minimum Gasteiger partial charge on any atom is -0.376 e. The third kappa shape index (κ3) is 3.82. The third-order valence-electron chi connectivity index (χ3n) is 4.43. The normalized spacial score (nSPS) is 18.3. The fourth-order valence-corrected chi connectivity index (χ4v) is 3.12. The second kappa shape index (κ2) is 7.22. The van der Waals surface area contributed by atoms with Gasteiger partial charge in [0.2, 0.25) is 0 Å². The van der Waals surface area contributed by atoms with Gasteiger partial charge in [0, 0.05) is 31.5 Å². The molecule has 3 rings (SSSR count). The SMILES string of the molecule is CCN(C[C@H]1CCCCO1)C(=O)c1cc2nc(C)cc(C(F)(F)F)n2n1. The molecule has 142 valence electrons. The minimum absolute atomic E-state index is 0.00523. The van der Waals surface area contributed by atoms with Crippen LogP contribution in [0, 0.1) is 6.92 Å². The standard InChI is InChI=1S/C17H21F3N4O2/c1-3-23(10-12-6-4-5-7-26-12)16(25)13-9-15-21-11(2)8-14(17(18,19)20)24(15)22-13/h8-9,12H,3-7,10H2,1-2H3/t12-/m1/s1. The molecule has 0 aromatic carbocycles. The van der Waals surface area contributed by atoms with E-state index >= 15 is 0 Å². The maximum atomic E-state index is 13.2. The van der Waals surface area contributed by atoms with Crippen molar-refractivity contribution >= 4 is 11.6 Å². The number of fused-ring (bicyclic) bond motifs is 1. The van der Waals surface area contributed by atoms with Crippen LogP contribution in [0.1, 0.15) is 48.1 Å². The fraction of sp³-hybridized carbons (Fsp3) is 0.588. The van der Waals surface area contributed by atoms with Crippen molar-refractivity contribution in [2.45, 2.75) is 45.4 Å². The van der Waals surface area contributed by atoms with E-state index in [2.05, 4.69) is 10.1 Å². The second-order valence-electron chi connectivity index (χ2n) is 6.41. The van der Waals surface area contributed by atoms with Gasteiger partial charge in [-0.15, -0.1) is 0 Å². The van der Waals surface area contributed by atoms with Crippen molar-refractivity contribution in [2.24, 2.45) is 0 Å². The summed E-state index contributed by atoms with van der Waals surface area (Å²) in [5.41, 5.74) is -0.777. The summed E-state index contributed by atoms with van der Waals surface area (Å²) in [5.74, 6) is -0.419. The number of likely N-dealkylation sites (N-methyl/N-ethyl adjacent to an activating group) is 1. The largest absolute Gasteiger partial charge is 0.433 e. The molecule has 0 saturated carbocycles. The monoisotopic (exact) mass is 370 g/mol. The number of ether oxygens (including phenoxy) is 1. The number of hydrogen-bond acceptors (Lipinski definition) is 4. The quantitative estimate of drug-likeness (QED) is 0.830. The van der Waals surface area contributed by atoms with Crippen LogP contribution >= 0.6 is 0 Å². The summed E-state index contributed by atoms with van der Waals surface area (Å²) in [6.07, 6.45) is -1.71. The summed E-state index contributed by atoms with van der Waals surface area (Å²) >= 11 is 0. The Labute approximate surface area is 148 Å². The predicted molar refractivity (Wildman–Crippen MR) is 87.9 cm³/mol. The molecule has 3 heterocycles. The molecule has 26 heavy (non-hydrogen) atoms. The average molecular weight is 370 g/mol. The fourth-order valence-electron chi connectivity index (χ4n) is 3.12. The van der Waals surface area contributed by atoms with E-state index in [4.69, 9.17) is 4.74 Å². The maximum Gasteiger partial charge on any atom is 0.433 e. The Hall–Kier alpha value is -2.16. The molecule has 0 unspecified atom stereocenters. The van der Waals surface area contributed by atoms with Gasteiger partial charge in [0.25, 0.3) is 5.91 Å². The number of amides is 1. The molecular weight excluding hydrogens is 349 g/mol. The number of halogens is 3. The van der Waals surface area contributed by atoms with E-state index < -0.39 is 17.8 Å². The Balaban J connectivity index is 1.89. The Kier molecular flexibility index (Phi) is 5.17. The van der Waals surface area contributed by atoms with E-state index in [-0.39, 0.29) is 23.1 Å². The van der Waals surface area contributed by atoms with Gasteiger partial charge < -0.3 is 9.64 Å². The van der Waals surface area contributed by atoms with E-state index in [1.165, 1.54) is 13.0 Å². The zero-order valence-electron chi connectivity index (χ0n) is 14.7. The molecule has 1 saturated heterocycles. The number of hydrogen-bond donors (Lipinski definition) is 0. The molecule has 6 nitrogen and oxygen atoms in total. The van der Waals surface area contributed by atoms with Crippen molar-refractivity contribution in [3.8, 4) is 0 Å². The summed E-state index contributed by atoms with van der Waals surface area (Å²) in [4.78, 5) is 18.4. The first kappa shape index (κ1) is 18.6. The Morgan fingerprint density at radius 2 is 2.15 bits per heavy atom. The van der Waals surface area contributed by atoms with Crippen LogP contribution in [0.5, 0.6) is 0 Å². The zero-order valence-corrected chi connectivity index (χ0v) is 14.7. The molecule has 1 aliphatic heterocycles. The number of nitrogens with zero attached hydrogens (tertiary/aromatic N) is 4. The average Bonchev–Trinajstić information content (AvgIpc) is 3.02. The molecule has 1 atom stereocenters. The molecule has 2 aromatic rings. The van der Waals surface area contributed by atoms with Gasteiger partial charge in [-0.3, -0.25) is 4.79 Å². The smallest absolute Gasteiger partial charge is 0.376 e.